The van der Waals surface area contributed by atoms with E-state index in [-0.39, 0.29) is 28.7 Å². The average Bonchev–Trinajstić information content (AvgIpc) is 3.08. The molecule has 2 saturated carbocycles. The lowest BCUT2D eigenvalue weighted by Gasteiger charge is -2.15. The van der Waals surface area contributed by atoms with Gasteiger partial charge in [-0.2, -0.15) is 5.10 Å². The standard InChI is InChI=1S/C16H20N2O3/c1-16-7-3-2-4-11(16)14(16)15(21)18-17-9-10-5-6-12(19)13(20)8-10/h5-6,8-9,11,14,19-20H,2-4,7H2,1H3,(H,18,21)/b17-9-/t11-,14+,16+/m1/s1. The number of phenolic OH excluding ortho intramolecular Hbond substituents is 2. The van der Waals surface area contributed by atoms with Crippen molar-refractivity contribution in [2.75, 3.05) is 0 Å². The molecule has 5 nitrogen and oxygen atoms in total. The number of hydrogen-bond acceptors (Lipinski definition) is 4. The van der Waals surface area contributed by atoms with Crippen LogP contribution >= 0.6 is 0 Å². The van der Waals surface area contributed by atoms with E-state index in [0.29, 0.717) is 11.5 Å². The van der Waals surface area contributed by atoms with Gasteiger partial charge < -0.3 is 10.2 Å². The summed E-state index contributed by atoms with van der Waals surface area (Å²) in [6.45, 7) is 2.20. The zero-order valence-corrected chi connectivity index (χ0v) is 12.0. The molecule has 21 heavy (non-hydrogen) atoms. The van der Waals surface area contributed by atoms with Gasteiger partial charge in [-0.25, -0.2) is 5.43 Å². The second kappa shape index (κ2) is 5.06. The zero-order valence-electron chi connectivity index (χ0n) is 12.0. The van der Waals surface area contributed by atoms with E-state index in [9.17, 15) is 15.0 Å². The predicted molar refractivity (Wildman–Crippen MR) is 79.1 cm³/mol. The van der Waals surface area contributed by atoms with Crippen molar-refractivity contribution >= 4 is 12.1 Å². The number of carbonyl (C=O) groups is 1. The molecule has 1 aromatic rings. The first-order chi connectivity index (χ1) is 10.0. The van der Waals surface area contributed by atoms with Gasteiger partial charge in [-0.3, -0.25) is 4.79 Å². The molecular formula is C16H20N2O3. The van der Waals surface area contributed by atoms with E-state index in [1.807, 2.05) is 0 Å². The van der Waals surface area contributed by atoms with E-state index >= 15 is 0 Å². The Morgan fingerprint density at radius 2 is 2.19 bits per heavy atom. The molecule has 112 valence electrons. The van der Waals surface area contributed by atoms with E-state index in [1.165, 1.54) is 31.2 Å². The molecule has 1 aromatic carbocycles. The molecular weight excluding hydrogens is 268 g/mol. The Balaban J connectivity index is 1.59. The summed E-state index contributed by atoms with van der Waals surface area (Å²) >= 11 is 0. The normalized spacial score (nSPS) is 30.9. The minimum atomic E-state index is -0.203. The number of aromatic hydroxyl groups is 2. The highest BCUT2D eigenvalue weighted by atomic mass is 16.3. The van der Waals surface area contributed by atoms with Gasteiger partial charge in [-0.1, -0.05) is 19.8 Å². The molecule has 0 bridgehead atoms. The molecule has 5 heteroatoms. The van der Waals surface area contributed by atoms with Gasteiger partial charge >= 0.3 is 0 Å². The second-order valence-corrected chi connectivity index (χ2v) is 6.32. The maximum absolute atomic E-state index is 12.2. The van der Waals surface area contributed by atoms with Crippen molar-refractivity contribution in [3.63, 3.8) is 0 Å². The number of hydrogen-bond donors (Lipinski definition) is 3. The number of carbonyl (C=O) groups excluding carboxylic acids is 1. The Morgan fingerprint density at radius 3 is 2.86 bits per heavy atom. The van der Waals surface area contributed by atoms with Crippen LogP contribution in [0.5, 0.6) is 11.5 Å². The Labute approximate surface area is 123 Å². The Kier molecular flexibility index (Phi) is 3.35. The molecule has 2 fully saturated rings. The molecule has 0 heterocycles. The van der Waals surface area contributed by atoms with Crippen LogP contribution in [-0.4, -0.2) is 22.3 Å². The van der Waals surface area contributed by atoms with Crippen LogP contribution in [0.2, 0.25) is 0 Å². The summed E-state index contributed by atoms with van der Waals surface area (Å²) in [6, 6.07) is 4.39. The van der Waals surface area contributed by atoms with Gasteiger partial charge in [-0.15, -0.1) is 0 Å². The first-order valence-electron chi connectivity index (χ1n) is 7.37. The minimum absolute atomic E-state index is 0.0105. The number of fused-ring (bicyclic) bond motifs is 1. The summed E-state index contributed by atoms with van der Waals surface area (Å²) in [4.78, 5) is 12.2. The van der Waals surface area contributed by atoms with Crippen molar-refractivity contribution in [3.05, 3.63) is 23.8 Å². The quantitative estimate of drug-likeness (QED) is 0.454. The highest BCUT2D eigenvalue weighted by Crippen LogP contribution is 2.66. The molecule has 3 atom stereocenters. The molecule has 3 N–H and O–H groups in total. The Bertz CT molecular complexity index is 599. The maximum Gasteiger partial charge on any atom is 0.244 e. The van der Waals surface area contributed by atoms with Gasteiger partial charge in [0.25, 0.3) is 0 Å². The Hall–Kier alpha value is -2.04. The van der Waals surface area contributed by atoms with Crippen LogP contribution in [-0.2, 0) is 4.79 Å². The largest absolute Gasteiger partial charge is 0.504 e. The maximum atomic E-state index is 12.2. The lowest BCUT2D eigenvalue weighted by atomic mass is 9.90. The van der Waals surface area contributed by atoms with Crippen LogP contribution in [0, 0.1) is 17.3 Å². The average molecular weight is 288 g/mol. The predicted octanol–water partition coefficient (Wildman–Crippen LogP) is 2.37. The minimum Gasteiger partial charge on any atom is -0.504 e. The highest BCUT2D eigenvalue weighted by molar-refractivity contribution is 5.86. The summed E-state index contributed by atoms with van der Waals surface area (Å²) in [6.07, 6.45) is 6.17. The van der Waals surface area contributed by atoms with Crippen molar-refractivity contribution in [1.82, 2.24) is 5.43 Å². The summed E-state index contributed by atoms with van der Waals surface area (Å²) in [7, 11) is 0. The first kappa shape index (κ1) is 13.9. The third-order valence-electron chi connectivity index (χ3n) is 5.00. The number of nitrogens with one attached hydrogen (secondary N) is 1. The van der Waals surface area contributed by atoms with E-state index < -0.39 is 0 Å². The molecule has 2 aliphatic rings. The van der Waals surface area contributed by atoms with Gasteiger partial charge in [0.05, 0.1) is 6.21 Å². The fourth-order valence-corrected chi connectivity index (χ4v) is 3.71. The van der Waals surface area contributed by atoms with Crippen LogP contribution in [0.15, 0.2) is 23.3 Å². The van der Waals surface area contributed by atoms with Crippen LogP contribution < -0.4 is 5.43 Å². The van der Waals surface area contributed by atoms with E-state index in [0.717, 1.165) is 12.8 Å². The lowest BCUT2D eigenvalue weighted by molar-refractivity contribution is -0.123. The number of amides is 1. The van der Waals surface area contributed by atoms with Gasteiger partial charge in [0, 0.05) is 5.92 Å². The number of rotatable bonds is 3. The number of nitrogens with zero attached hydrogens (tertiary/aromatic N) is 1. The van der Waals surface area contributed by atoms with Gasteiger partial charge in [0.1, 0.15) is 0 Å². The summed E-state index contributed by atoms with van der Waals surface area (Å²) < 4.78 is 0. The van der Waals surface area contributed by atoms with E-state index in [4.69, 9.17) is 0 Å². The fourth-order valence-electron chi connectivity index (χ4n) is 3.71. The van der Waals surface area contributed by atoms with Gasteiger partial charge in [0.15, 0.2) is 11.5 Å². The van der Waals surface area contributed by atoms with E-state index in [2.05, 4.69) is 17.5 Å². The fraction of sp³-hybridized carbons (Fsp3) is 0.500. The smallest absolute Gasteiger partial charge is 0.244 e. The van der Waals surface area contributed by atoms with Crippen molar-refractivity contribution in [3.8, 4) is 11.5 Å². The van der Waals surface area contributed by atoms with Crippen LogP contribution in [0.25, 0.3) is 0 Å². The summed E-state index contributed by atoms with van der Waals surface area (Å²) in [5.74, 6) is 0.213. The lowest BCUT2D eigenvalue weighted by Crippen LogP contribution is -2.22. The summed E-state index contributed by atoms with van der Waals surface area (Å²) in [5.41, 5.74) is 3.39. The van der Waals surface area contributed by atoms with Crippen molar-refractivity contribution < 1.29 is 15.0 Å². The van der Waals surface area contributed by atoms with Gasteiger partial charge in [0.2, 0.25) is 5.91 Å². The zero-order chi connectivity index (χ0) is 15.0. The number of hydrazone groups is 1. The van der Waals surface area contributed by atoms with Crippen molar-refractivity contribution in [2.45, 2.75) is 32.6 Å². The van der Waals surface area contributed by atoms with Crippen molar-refractivity contribution in [2.24, 2.45) is 22.4 Å². The molecule has 1 amide bonds. The van der Waals surface area contributed by atoms with Crippen LogP contribution in [0.3, 0.4) is 0 Å². The molecule has 0 aliphatic heterocycles. The highest BCUT2D eigenvalue weighted by Gasteiger charge is 2.64. The monoisotopic (exact) mass is 288 g/mol. The van der Waals surface area contributed by atoms with E-state index in [1.54, 1.807) is 6.07 Å². The van der Waals surface area contributed by atoms with Crippen LogP contribution in [0.4, 0.5) is 0 Å². The second-order valence-electron chi connectivity index (χ2n) is 6.32. The molecule has 0 spiro atoms. The number of phenols is 2. The van der Waals surface area contributed by atoms with Crippen molar-refractivity contribution in [1.29, 1.82) is 0 Å². The number of benzene rings is 1. The molecule has 0 radical (unpaired) electrons. The summed E-state index contributed by atoms with van der Waals surface area (Å²) in [5, 5.41) is 22.5. The third kappa shape index (κ3) is 2.48. The molecule has 0 saturated heterocycles. The molecule has 0 aromatic heterocycles. The SMILES string of the molecule is C[C@]12CCCC[C@@H]1[C@H]2C(=O)N/N=C\c1ccc(O)c(O)c1. The van der Waals surface area contributed by atoms with Crippen LogP contribution in [0.1, 0.15) is 38.2 Å². The third-order valence-corrected chi connectivity index (χ3v) is 5.00. The Morgan fingerprint density at radius 1 is 1.38 bits per heavy atom. The molecule has 3 rings (SSSR count). The molecule has 0 unspecified atom stereocenters. The topological polar surface area (TPSA) is 81.9 Å². The van der Waals surface area contributed by atoms with Gasteiger partial charge in [-0.05, 0) is 47.9 Å². The molecule has 2 aliphatic carbocycles. The first-order valence-corrected chi connectivity index (χ1v) is 7.37.